The predicted molar refractivity (Wildman–Crippen MR) is 65.8 cm³/mol. The first kappa shape index (κ1) is 18.4. The Hall–Kier alpha value is -1.64. The van der Waals surface area contributed by atoms with Crippen molar-refractivity contribution < 1.29 is 36.2 Å². The Bertz CT molecular complexity index is 536. The van der Waals surface area contributed by atoms with E-state index in [-0.39, 0.29) is 17.7 Å². The minimum absolute atomic E-state index is 0.0295. The van der Waals surface area contributed by atoms with Crippen molar-refractivity contribution in [1.29, 1.82) is 0 Å². The van der Waals surface area contributed by atoms with Crippen molar-refractivity contribution in [2.75, 3.05) is 6.61 Å². The van der Waals surface area contributed by atoms with E-state index in [0.717, 1.165) is 6.07 Å². The number of hydrogen-bond acceptors (Lipinski definition) is 4. The number of aromatic nitrogens is 1. The van der Waals surface area contributed by atoms with Crippen molar-refractivity contribution in [1.82, 2.24) is 4.98 Å². The minimum atomic E-state index is -5.08. The van der Waals surface area contributed by atoms with Gasteiger partial charge in [0.25, 0.3) is 6.43 Å². The summed E-state index contributed by atoms with van der Waals surface area (Å²) in [4.78, 5) is 14.5. The van der Waals surface area contributed by atoms with Gasteiger partial charge in [0.1, 0.15) is 5.69 Å². The van der Waals surface area contributed by atoms with E-state index in [1.807, 2.05) is 0 Å². The molecule has 0 spiro atoms. The maximum Gasteiger partial charge on any atom is 0.574 e. The number of alkyl halides is 6. The zero-order valence-electron chi connectivity index (χ0n) is 11.2. The van der Waals surface area contributed by atoms with Crippen molar-refractivity contribution >= 4 is 17.6 Å². The van der Waals surface area contributed by atoms with Gasteiger partial charge in [-0.15, -0.1) is 24.8 Å². The average molecular weight is 348 g/mol. The summed E-state index contributed by atoms with van der Waals surface area (Å²) >= 11 is 5.55. The highest BCUT2D eigenvalue weighted by molar-refractivity contribution is 6.17. The van der Waals surface area contributed by atoms with Gasteiger partial charge in [-0.25, -0.2) is 13.8 Å². The number of ether oxygens (including phenoxy) is 2. The third-order valence-electron chi connectivity index (χ3n) is 2.42. The molecule has 0 atom stereocenters. The molecule has 0 saturated carbocycles. The molecule has 1 rings (SSSR count). The Morgan fingerprint density at radius 1 is 1.41 bits per heavy atom. The molecule has 1 heterocycles. The maximum atomic E-state index is 13.0. The molecule has 0 aliphatic rings. The van der Waals surface area contributed by atoms with Gasteiger partial charge in [0.15, 0.2) is 0 Å². The number of carbonyl (C=O) groups excluding carboxylic acids is 1. The van der Waals surface area contributed by atoms with Crippen LogP contribution in [0.3, 0.4) is 0 Å². The Kier molecular flexibility index (Phi) is 6.34. The van der Waals surface area contributed by atoms with Crippen LogP contribution in [-0.4, -0.2) is 23.9 Å². The second-order valence-corrected chi connectivity index (χ2v) is 4.21. The summed E-state index contributed by atoms with van der Waals surface area (Å²) in [6, 6.07) is 0.765. The maximum absolute atomic E-state index is 13.0. The SMILES string of the molecule is CCOC(=O)Cc1c(CCl)cc(OC(F)(F)F)nc1C(F)F. The molecule has 1 aromatic heterocycles. The van der Waals surface area contributed by atoms with E-state index in [4.69, 9.17) is 11.6 Å². The molecule has 0 N–H and O–H groups in total. The Morgan fingerprint density at radius 3 is 2.50 bits per heavy atom. The summed E-state index contributed by atoms with van der Waals surface area (Å²) in [5, 5.41) is 0. The van der Waals surface area contributed by atoms with Crippen LogP contribution in [0.2, 0.25) is 0 Å². The van der Waals surface area contributed by atoms with E-state index >= 15 is 0 Å². The third kappa shape index (κ3) is 5.28. The van der Waals surface area contributed by atoms with E-state index in [0.29, 0.717) is 0 Å². The van der Waals surface area contributed by atoms with Crippen molar-refractivity contribution in [3.8, 4) is 5.88 Å². The van der Waals surface area contributed by atoms with E-state index in [2.05, 4.69) is 14.5 Å². The number of rotatable bonds is 6. The molecule has 0 saturated heterocycles. The van der Waals surface area contributed by atoms with E-state index in [1.54, 1.807) is 0 Å². The molecule has 0 radical (unpaired) electrons. The fourth-order valence-corrected chi connectivity index (χ4v) is 1.89. The van der Waals surface area contributed by atoms with E-state index in [1.165, 1.54) is 6.92 Å². The second kappa shape index (κ2) is 7.57. The zero-order valence-corrected chi connectivity index (χ0v) is 12.0. The lowest BCUT2D eigenvalue weighted by molar-refractivity contribution is -0.276. The quantitative estimate of drug-likeness (QED) is 0.446. The molecule has 1 aromatic rings. The van der Waals surface area contributed by atoms with Gasteiger partial charge >= 0.3 is 12.3 Å². The Morgan fingerprint density at radius 2 is 2.05 bits per heavy atom. The van der Waals surface area contributed by atoms with Crippen molar-refractivity contribution in [2.24, 2.45) is 0 Å². The molecule has 0 bridgehead atoms. The van der Waals surface area contributed by atoms with Crippen LogP contribution in [0.15, 0.2) is 6.07 Å². The van der Waals surface area contributed by atoms with Crippen LogP contribution < -0.4 is 4.74 Å². The van der Waals surface area contributed by atoms with Crippen LogP contribution in [-0.2, 0) is 21.8 Å². The number of pyridine rings is 1. The van der Waals surface area contributed by atoms with Crippen LogP contribution in [0.5, 0.6) is 5.88 Å². The molecule has 0 aliphatic carbocycles. The largest absolute Gasteiger partial charge is 0.574 e. The summed E-state index contributed by atoms with van der Waals surface area (Å²) in [6.45, 7) is 1.55. The third-order valence-corrected chi connectivity index (χ3v) is 2.71. The highest BCUT2D eigenvalue weighted by atomic mass is 35.5. The van der Waals surface area contributed by atoms with Gasteiger partial charge in [0.2, 0.25) is 5.88 Å². The molecular weight excluding hydrogens is 337 g/mol. The number of hydrogen-bond donors (Lipinski definition) is 0. The zero-order chi connectivity index (χ0) is 16.9. The second-order valence-electron chi connectivity index (χ2n) is 3.95. The molecule has 0 unspecified atom stereocenters. The van der Waals surface area contributed by atoms with Crippen LogP contribution in [0.1, 0.15) is 30.2 Å². The number of esters is 1. The summed E-state index contributed by atoms with van der Waals surface area (Å²) < 4.78 is 70.6. The first-order chi connectivity index (χ1) is 10.2. The highest BCUT2D eigenvalue weighted by Crippen LogP contribution is 2.31. The first-order valence-electron chi connectivity index (χ1n) is 5.96. The number of carbonyl (C=O) groups is 1. The van der Waals surface area contributed by atoms with Crippen LogP contribution >= 0.6 is 11.6 Å². The monoisotopic (exact) mass is 347 g/mol. The topological polar surface area (TPSA) is 48.4 Å². The highest BCUT2D eigenvalue weighted by Gasteiger charge is 2.33. The fourth-order valence-electron chi connectivity index (χ4n) is 1.65. The lowest BCUT2D eigenvalue weighted by Crippen LogP contribution is -2.20. The van der Waals surface area contributed by atoms with E-state index in [9.17, 15) is 26.7 Å². The van der Waals surface area contributed by atoms with Crippen molar-refractivity contribution in [3.05, 3.63) is 22.9 Å². The van der Waals surface area contributed by atoms with Gasteiger partial charge in [-0.3, -0.25) is 4.79 Å². The lowest BCUT2D eigenvalue weighted by Gasteiger charge is -2.15. The van der Waals surface area contributed by atoms with Crippen LogP contribution in [0.4, 0.5) is 22.0 Å². The summed E-state index contributed by atoms with van der Waals surface area (Å²) in [7, 11) is 0. The number of halogens is 6. The van der Waals surface area contributed by atoms with Crippen LogP contribution in [0, 0.1) is 0 Å². The minimum Gasteiger partial charge on any atom is -0.466 e. The summed E-state index contributed by atoms with van der Waals surface area (Å²) in [5.41, 5.74) is -1.37. The molecule has 0 aliphatic heterocycles. The molecule has 10 heteroatoms. The van der Waals surface area contributed by atoms with Gasteiger partial charge in [0, 0.05) is 11.9 Å². The summed E-state index contributed by atoms with van der Waals surface area (Å²) in [6.07, 6.45) is -8.86. The smallest absolute Gasteiger partial charge is 0.466 e. The predicted octanol–water partition coefficient (Wildman–Crippen LogP) is 3.76. The van der Waals surface area contributed by atoms with Crippen LogP contribution in [0.25, 0.3) is 0 Å². The first-order valence-corrected chi connectivity index (χ1v) is 6.49. The average Bonchev–Trinajstić information content (AvgIpc) is 2.38. The van der Waals surface area contributed by atoms with Gasteiger partial charge in [-0.05, 0) is 18.1 Å². The standard InChI is InChI=1S/C12H11ClF5NO3/c1-2-21-9(20)4-7-6(5-13)3-8(22-12(16,17)18)19-10(7)11(14)15/h3,11H,2,4-5H2,1H3. The molecule has 0 fully saturated rings. The van der Waals surface area contributed by atoms with Crippen molar-refractivity contribution in [3.63, 3.8) is 0 Å². The van der Waals surface area contributed by atoms with Gasteiger partial charge < -0.3 is 9.47 Å². The Labute approximate surface area is 127 Å². The fraction of sp³-hybridized carbons (Fsp3) is 0.500. The lowest BCUT2D eigenvalue weighted by atomic mass is 10.0. The molecule has 0 amide bonds. The van der Waals surface area contributed by atoms with E-state index < -0.39 is 42.6 Å². The molecule has 4 nitrogen and oxygen atoms in total. The number of nitrogens with zero attached hydrogens (tertiary/aromatic N) is 1. The van der Waals surface area contributed by atoms with Gasteiger partial charge in [0.05, 0.1) is 13.0 Å². The summed E-state index contributed by atoms with van der Waals surface area (Å²) in [5.74, 6) is -2.28. The molecule has 0 aromatic carbocycles. The van der Waals surface area contributed by atoms with Crippen molar-refractivity contribution in [2.45, 2.75) is 32.0 Å². The molecule has 124 valence electrons. The Balaban J connectivity index is 3.26. The normalized spacial score (nSPS) is 11.6. The molecule has 22 heavy (non-hydrogen) atoms. The van der Waals surface area contributed by atoms with Gasteiger partial charge in [-0.1, -0.05) is 0 Å². The molecular formula is C12H11ClF5NO3. The van der Waals surface area contributed by atoms with Gasteiger partial charge in [-0.2, -0.15) is 0 Å².